The van der Waals surface area contributed by atoms with Crippen LogP contribution in [0, 0.1) is 13.5 Å². The average molecular weight is 414 g/mol. The Labute approximate surface area is 183 Å². The van der Waals surface area contributed by atoms with Gasteiger partial charge in [-0.25, -0.2) is 4.85 Å². The van der Waals surface area contributed by atoms with Crippen LogP contribution in [-0.4, -0.2) is 40.7 Å². The fraction of sp³-hybridized carbons (Fsp3) is 0.346. The van der Waals surface area contributed by atoms with Gasteiger partial charge in [0.2, 0.25) is 0 Å². The Bertz CT molecular complexity index is 1180. The first-order valence-corrected chi connectivity index (χ1v) is 10.8. The molecule has 0 radical (unpaired) electrons. The van der Waals surface area contributed by atoms with Crippen molar-refractivity contribution in [2.75, 3.05) is 19.6 Å². The number of carbonyl (C=O) groups excluding carboxylic acids is 2. The summed E-state index contributed by atoms with van der Waals surface area (Å²) in [6, 6.07) is 13.4. The Morgan fingerprint density at radius 3 is 2.39 bits per heavy atom. The molecule has 2 aromatic carbocycles. The van der Waals surface area contributed by atoms with Crippen molar-refractivity contribution in [3.05, 3.63) is 70.7 Å². The summed E-state index contributed by atoms with van der Waals surface area (Å²) in [5.74, 6) is 0.229. The van der Waals surface area contributed by atoms with Gasteiger partial charge in [0.05, 0.1) is 18.6 Å². The summed E-state index contributed by atoms with van der Waals surface area (Å²) in [6.45, 7) is 13.1. The largest absolute Gasteiger partial charge is 0.313 e. The number of rotatable bonds is 6. The number of benzene rings is 2. The van der Waals surface area contributed by atoms with Crippen LogP contribution in [0.2, 0.25) is 0 Å². The van der Waals surface area contributed by atoms with Crippen LogP contribution in [0.25, 0.3) is 21.4 Å². The van der Waals surface area contributed by atoms with Crippen molar-refractivity contribution in [2.24, 2.45) is 0 Å². The molecule has 5 nitrogen and oxygen atoms in total. The topological polar surface area (TPSA) is 46.7 Å². The van der Waals surface area contributed by atoms with Crippen LogP contribution in [0.5, 0.6) is 0 Å². The predicted octanol–water partition coefficient (Wildman–Crippen LogP) is 5.29. The number of hydrogen-bond acceptors (Lipinski definition) is 3. The summed E-state index contributed by atoms with van der Waals surface area (Å²) in [5.41, 5.74) is 5.01. The SMILES string of the molecule is [C-]#[N+]c1ccc(-n2c(C)c(C(=O)CN3CCCCC3)c3cc(CC(C)=O)ccc32)cc1. The highest BCUT2D eigenvalue weighted by atomic mass is 16.1. The Balaban J connectivity index is 1.83. The zero-order valence-corrected chi connectivity index (χ0v) is 18.1. The number of piperidine rings is 1. The standard InChI is InChI=1S/C26H27N3O2/c1-18(30)15-20-7-12-24-23(16-20)26(25(31)17-28-13-5-4-6-14-28)19(2)29(24)22-10-8-21(27-3)9-11-22/h7-12,16H,4-6,13-15,17H2,1-2H3. The fourth-order valence-electron chi connectivity index (χ4n) is 4.62. The van der Waals surface area contributed by atoms with Gasteiger partial charge < -0.3 is 4.57 Å². The number of hydrogen-bond donors (Lipinski definition) is 0. The Morgan fingerprint density at radius 2 is 1.74 bits per heavy atom. The van der Waals surface area contributed by atoms with Crippen LogP contribution in [0.15, 0.2) is 42.5 Å². The van der Waals surface area contributed by atoms with Gasteiger partial charge in [0.1, 0.15) is 5.78 Å². The second-order valence-corrected chi connectivity index (χ2v) is 8.41. The maximum absolute atomic E-state index is 13.5. The minimum atomic E-state index is 0.103. The minimum Gasteiger partial charge on any atom is -0.313 e. The average Bonchev–Trinajstić information content (AvgIpc) is 3.05. The molecule has 3 aromatic rings. The summed E-state index contributed by atoms with van der Waals surface area (Å²) in [5, 5.41) is 0.896. The van der Waals surface area contributed by atoms with E-state index in [1.807, 2.05) is 37.3 Å². The van der Waals surface area contributed by atoms with Gasteiger partial charge in [-0.05, 0) is 69.6 Å². The molecule has 0 N–H and O–H groups in total. The lowest BCUT2D eigenvalue weighted by Crippen LogP contribution is -2.34. The second kappa shape index (κ2) is 8.87. The third kappa shape index (κ3) is 4.30. The molecule has 2 heterocycles. The molecule has 0 aliphatic carbocycles. The molecule has 0 bridgehead atoms. The minimum absolute atomic E-state index is 0.103. The molecule has 1 aromatic heterocycles. The Morgan fingerprint density at radius 1 is 1.03 bits per heavy atom. The number of likely N-dealkylation sites (tertiary alicyclic amines) is 1. The van der Waals surface area contributed by atoms with Gasteiger partial charge in [-0.2, -0.15) is 0 Å². The summed E-state index contributed by atoms with van der Waals surface area (Å²) in [4.78, 5) is 30.9. The van der Waals surface area contributed by atoms with Crippen molar-refractivity contribution >= 4 is 28.2 Å². The van der Waals surface area contributed by atoms with Crippen molar-refractivity contribution in [3.8, 4) is 5.69 Å². The molecule has 1 aliphatic heterocycles. The van der Waals surface area contributed by atoms with Crippen LogP contribution in [0.1, 0.15) is 47.8 Å². The summed E-state index contributed by atoms with van der Waals surface area (Å²) < 4.78 is 2.09. The van der Waals surface area contributed by atoms with E-state index in [1.54, 1.807) is 19.1 Å². The van der Waals surface area contributed by atoms with Crippen LogP contribution in [0.3, 0.4) is 0 Å². The summed E-state index contributed by atoms with van der Waals surface area (Å²) in [7, 11) is 0. The molecule has 0 unspecified atom stereocenters. The zero-order valence-electron chi connectivity index (χ0n) is 18.1. The van der Waals surface area contributed by atoms with Crippen LogP contribution >= 0.6 is 0 Å². The number of aromatic nitrogens is 1. The lowest BCUT2D eigenvalue weighted by Gasteiger charge is -2.25. The molecule has 1 fully saturated rings. The van der Waals surface area contributed by atoms with E-state index in [9.17, 15) is 9.59 Å². The third-order valence-corrected chi connectivity index (χ3v) is 6.05. The second-order valence-electron chi connectivity index (χ2n) is 8.41. The van der Waals surface area contributed by atoms with Crippen molar-refractivity contribution < 1.29 is 9.59 Å². The van der Waals surface area contributed by atoms with Gasteiger partial charge >= 0.3 is 0 Å². The van der Waals surface area contributed by atoms with Crippen LogP contribution in [-0.2, 0) is 11.2 Å². The molecule has 0 amide bonds. The van der Waals surface area contributed by atoms with Crippen LogP contribution < -0.4 is 0 Å². The van der Waals surface area contributed by atoms with Gasteiger partial charge in [-0.15, -0.1) is 0 Å². The highest BCUT2D eigenvalue weighted by Gasteiger charge is 2.23. The summed E-state index contributed by atoms with van der Waals surface area (Å²) >= 11 is 0. The Hall–Kier alpha value is -3.23. The van der Waals surface area contributed by atoms with Crippen molar-refractivity contribution in [2.45, 2.75) is 39.5 Å². The molecule has 0 spiro atoms. The fourth-order valence-corrected chi connectivity index (χ4v) is 4.62. The first kappa shape index (κ1) is 21.0. The molecular formula is C26H27N3O2. The predicted molar refractivity (Wildman–Crippen MR) is 123 cm³/mol. The van der Waals surface area contributed by atoms with Gasteiger partial charge in [0.15, 0.2) is 11.5 Å². The van der Waals surface area contributed by atoms with E-state index in [-0.39, 0.29) is 11.6 Å². The summed E-state index contributed by atoms with van der Waals surface area (Å²) in [6.07, 6.45) is 3.88. The monoisotopic (exact) mass is 413 g/mol. The van der Waals surface area contributed by atoms with Gasteiger partial charge in [0, 0.05) is 28.8 Å². The van der Waals surface area contributed by atoms with E-state index < -0.39 is 0 Å². The van der Waals surface area contributed by atoms with E-state index in [0.717, 1.165) is 59.3 Å². The molecule has 158 valence electrons. The smallest absolute Gasteiger partial charge is 0.187 e. The maximum atomic E-state index is 13.5. The van der Waals surface area contributed by atoms with E-state index in [1.165, 1.54) is 6.42 Å². The molecule has 4 rings (SSSR count). The number of fused-ring (bicyclic) bond motifs is 1. The Kier molecular flexibility index (Phi) is 6.01. The lowest BCUT2D eigenvalue weighted by molar-refractivity contribution is -0.116. The first-order chi connectivity index (χ1) is 15.0. The van der Waals surface area contributed by atoms with E-state index in [2.05, 4.69) is 14.3 Å². The third-order valence-electron chi connectivity index (χ3n) is 6.05. The van der Waals surface area contributed by atoms with Crippen molar-refractivity contribution in [3.63, 3.8) is 0 Å². The van der Waals surface area contributed by atoms with E-state index >= 15 is 0 Å². The molecule has 0 saturated carbocycles. The highest BCUT2D eigenvalue weighted by Crippen LogP contribution is 2.32. The zero-order chi connectivity index (χ0) is 22.0. The molecule has 1 saturated heterocycles. The van der Waals surface area contributed by atoms with Gasteiger partial charge in [0.25, 0.3) is 0 Å². The number of ketones is 2. The van der Waals surface area contributed by atoms with Crippen LogP contribution in [0.4, 0.5) is 5.69 Å². The first-order valence-electron chi connectivity index (χ1n) is 10.8. The van der Waals surface area contributed by atoms with E-state index in [4.69, 9.17) is 6.57 Å². The maximum Gasteiger partial charge on any atom is 0.187 e. The molecular weight excluding hydrogens is 386 g/mol. The quantitative estimate of drug-likeness (QED) is 0.407. The van der Waals surface area contributed by atoms with Crippen molar-refractivity contribution in [1.29, 1.82) is 0 Å². The number of carbonyl (C=O) groups is 2. The van der Waals surface area contributed by atoms with Gasteiger partial charge in [-0.3, -0.25) is 14.5 Å². The lowest BCUT2D eigenvalue weighted by atomic mass is 10.0. The highest BCUT2D eigenvalue weighted by molar-refractivity contribution is 6.11. The number of Topliss-reactive ketones (excluding diaryl/α,β-unsaturated/α-hetero) is 2. The molecule has 0 atom stereocenters. The van der Waals surface area contributed by atoms with Crippen molar-refractivity contribution in [1.82, 2.24) is 9.47 Å². The molecule has 1 aliphatic rings. The number of nitrogens with zero attached hydrogens (tertiary/aromatic N) is 3. The van der Waals surface area contributed by atoms with E-state index in [0.29, 0.717) is 18.7 Å². The van der Waals surface area contributed by atoms with Gasteiger partial charge in [-0.1, -0.05) is 24.6 Å². The molecule has 31 heavy (non-hydrogen) atoms. The molecule has 5 heteroatoms. The normalized spacial score (nSPS) is 14.5.